The van der Waals surface area contributed by atoms with Gasteiger partial charge in [0.2, 0.25) is 5.91 Å². The molecule has 3 N–H and O–H groups in total. The highest BCUT2D eigenvalue weighted by Gasteiger charge is 2.26. The average molecular weight is 325 g/mol. The van der Waals surface area contributed by atoms with Crippen molar-refractivity contribution < 1.29 is 9.59 Å². The standard InChI is InChI=1S/C19H23N3O2/c20-13-17-6-3-11-22(17)18(23)9-10-21-19(24)16-8-7-14-4-1-2-5-15(14)12-16/h1-2,4-5,7-8,12,17H,3,6,9-11,13,20H2,(H,21,24). The monoisotopic (exact) mass is 325 g/mol. The van der Waals surface area contributed by atoms with Crippen molar-refractivity contribution in [2.24, 2.45) is 5.73 Å². The molecule has 2 aromatic rings. The highest BCUT2D eigenvalue weighted by Crippen LogP contribution is 2.17. The second-order valence-electron chi connectivity index (χ2n) is 6.19. The lowest BCUT2D eigenvalue weighted by molar-refractivity contribution is -0.131. The molecule has 1 heterocycles. The Bertz CT molecular complexity index is 744. The fourth-order valence-electron chi connectivity index (χ4n) is 3.27. The molecule has 1 aliphatic heterocycles. The number of nitrogens with one attached hydrogen (secondary N) is 1. The van der Waals surface area contributed by atoms with E-state index in [9.17, 15) is 9.59 Å². The number of likely N-dealkylation sites (tertiary alicyclic amines) is 1. The fraction of sp³-hybridized carbons (Fsp3) is 0.368. The zero-order chi connectivity index (χ0) is 16.9. The maximum absolute atomic E-state index is 12.3. The molecular weight excluding hydrogens is 302 g/mol. The number of nitrogens with two attached hydrogens (primary N) is 1. The molecule has 1 aliphatic rings. The van der Waals surface area contributed by atoms with Crippen LogP contribution < -0.4 is 11.1 Å². The van der Waals surface area contributed by atoms with Crippen molar-refractivity contribution in [1.82, 2.24) is 10.2 Å². The van der Waals surface area contributed by atoms with E-state index in [0.29, 0.717) is 25.1 Å². The van der Waals surface area contributed by atoms with Crippen LogP contribution in [0.25, 0.3) is 10.8 Å². The quantitative estimate of drug-likeness (QED) is 0.882. The van der Waals surface area contributed by atoms with Gasteiger partial charge in [0.15, 0.2) is 0 Å². The van der Waals surface area contributed by atoms with E-state index in [-0.39, 0.29) is 17.9 Å². The van der Waals surface area contributed by atoms with Crippen molar-refractivity contribution in [3.05, 3.63) is 48.0 Å². The van der Waals surface area contributed by atoms with E-state index < -0.39 is 0 Å². The number of hydrogen-bond acceptors (Lipinski definition) is 3. The minimum absolute atomic E-state index is 0.0711. The summed E-state index contributed by atoms with van der Waals surface area (Å²) in [5.41, 5.74) is 6.31. The summed E-state index contributed by atoms with van der Waals surface area (Å²) in [6, 6.07) is 13.7. The lowest BCUT2D eigenvalue weighted by atomic mass is 10.1. The van der Waals surface area contributed by atoms with E-state index in [4.69, 9.17) is 5.73 Å². The van der Waals surface area contributed by atoms with Crippen LogP contribution >= 0.6 is 0 Å². The molecule has 1 atom stereocenters. The first kappa shape index (κ1) is 16.5. The van der Waals surface area contributed by atoms with Gasteiger partial charge in [-0.2, -0.15) is 0 Å². The van der Waals surface area contributed by atoms with Gasteiger partial charge in [-0.1, -0.05) is 30.3 Å². The van der Waals surface area contributed by atoms with Gasteiger partial charge in [0.05, 0.1) is 0 Å². The van der Waals surface area contributed by atoms with Crippen molar-refractivity contribution in [3.8, 4) is 0 Å². The van der Waals surface area contributed by atoms with Crippen LogP contribution in [0.1, 0.15) is 29.6 Å². The molecule has 0 radical (unpaired) electrons. The van der Waals surface area contributed by atoms with E-state index in [1.54, 1.807) is 0 Å². The maximum atomic E-state index is 12.3. The van der Waals surface area contributed by atoms with Gasteiger partial charge in [-0.15, -0.1) is 0 Å². The van der Waals surface area contributed by atoms with Crippen LogP contribution in [0, 0.1) is 0 Å². The van der Waals surface area contributed by atoms with Gasteiger partial charge >= 0.3 is 0 Å². The van der Waals surface area contributed by atoms with E-state index >= 15 is 0 Å². The average Bonchev–Trinajstić information content (AvgIpc) is 3.10. The molecule has 1 fully saturated rings. The first-order valence-corrected chi connectivity index (χ1v) is 8.45. The van der Waals surface area contributed by atoms with Crippen LogP contribution in [0.2, 0.25) is 0 Å². The molecule has 3 rings (SSSR count). The number of carbonyl (C=O) groups is 2. The first-order chi connectivity index (χ1) is 11.7. The fourth-order valence-corrected chi connectivity index (χ4v) is 3.27. The van der Waals surface area contributed by atoms with E-state index in [2.05, 4.69) is 5.32 Å². The molecule has 2 aromatic carbocycles. The highest BCUT2D eigenvalue weighted by molar-refractivity contribution is 5.98. The predicted molar refractivity (Wildman–Crippen MR) is 94.7 cm³/mol. The van der Waals surface area contributed by atoms with Gasteiger partial charge in [-0.05, 0) is 35.7 Å². The Balaban J connectivity index is 1.54. The van der Waals surface area contributed by atoms with Crippen LogP contribution in [0.15, 0.2) is 42.5 Å². The smallest absolute Gasteiger partial charge is 0.251 e. The van der Waals surface area contributed by atoms with Gasteiger partial charge in [0.25, 0.3) is 5.91 Å². The summed E-state index contributed by atoms with van der Waals surface area (Å²) in [6.45, 7) is 1.63. The van der Waals surface area contributed by atoms with Crippen LogP contribution in [-0.4, -0.2) is 42.4 Å². The number of rotatable bonds is 5. The molecule has 2 amide bonds. The molecule has 0 saturated carbocycles. The predicted octanol–water partition coefficient (Wildman–Crippen LogP) is 1.91. The van der Waals surface area contributed by atoms with Crippen molar-refractivity contribution in [1.29, 1.82) is 0 Å². The molecule has 24 heavy (non-hydrogen) atoms. The molecule has 5 nitrogen and oxygen atoms in total. The minimum Gasteiger partial charge on any atom is -0.352 e. The minimum atomic E-state index is -0.148. The first-order valence-electron chi connectivity index (χ1n) is 8.45. The second-order valence-corrected chi connectivity index (χ2v) is 6.19. The molecule has 0 aromatic heterocycles. The van der Waals surface area contributed by atoms with Crippen LogP contribution in [0.5, 0.6) is 0 Å². The van der Waals surface area contributed by atoms with E-state index in [0.717, 1.165) is 30.2 Å². The Hall–Kier alpha value is -2.40. The molecule has 5 heteroatoms. The maximum Gasteiger partial charge on any atom is 0.251 e. The highest BCUT2D eigenvalue weighted by atomic mass is 16.2. The summed E-state index contributed by atoms with van der Waals surface area (Å²) in [7, 11) is 0. The topological polar surface area (TPSA) is 75.4 Å². The largest absolute Gasteiger partial charge is 0.352 e. The summed E-state index contributed by atoms with van der Waals surface area (Å²) in [6.07, 6.45) is 2.30. The number of nitrogens with zero attached hydrogens (tertiary/aromatic N) is 1. The number of hydrogen-bond donors (Lipinski definition) is 2. The van der Waals surface area contributed by atoms with E-state index in [1.165, 1.54) is 0 Å². The molecule has 1 unspecified atom stereocenters. The molecule has 0 aliphatic carbocycles. The SMILES string of the molecule is NCC1CCCN1C(=O)CCNC(=O)c1ccc2ccccc2c1. The summed E-state index contributed by atoms with van der Waals surface area (Å²) >= 11 is 0. The third-order valence-corrected chi connectivity index (χ3v) is 4.61. The third-order valence-electron chi connectivity index (χ3n) is 4.61. The van der Waals surface area contributed by atoms with Gasteiger partial charge < -0.3 is 16.0 Å². The van der Waals surface area contributed by atoms with Crippen molar-refractivity contribution in [3.63, 3.8) is 0 Å². The van der Waals surface area contributed by atoms with Crippen molar-refractivity contribution in [2.75, 3.05) is 19.6 Å². The molecule has 1 saturated heterocycles. The molecule has 0 spiro atoms. The van der Waals surface area contributed by atoms with E-state index in [1.807, 2.05) is 47.4 Å². The van der Waals surface area contributed by atoms with Crippen LogP contribution in [0.3, 0.4) is 0 Å². The van der Waals surface area contributed by atoms with Gasteiger partial charge in [0.1, 0.15) is 0 Å². The Morgan fingerprint density at radius 1 is 1.17 bits per heavy atom. The van der Waals surface area contributed by atoms with Crippen LogP contribution in [-0.2, 0) is 4.79 Å². The third kappa shape index (κ3) is 3.57. The zero-order valence-electron chi connectivity index (χ0n) is 13.7. The summed E-state index contributed by atoms with van der Waals surface area (Å²) < 4.78 is 0. The lowest BCUT2D eigenvalue weighted by Crippen LogP contribution is -2.41. The van der Waals surface area contributed by atoms with Crippen molar-refractivity contribution in [2.45, 2.75) is 25.3 Å². The Labute approximate surface area is 141 Å². The Kier molecular flexibility index (Phi) is 5.11. The van der Waals surface area contributed by atoms with Gasteiger partial charge in [0, 0.05) is 37.7 Å². The van der Waals surface area contributed by atoms with Gasteiger partial charge in [-0.3, -0.25) is 9.59 Å². The Morgan fingerprint density at radius 3 is 2.75 bits per heavy atom. The van der Waals surface area contributed by atoms with Crippen LogP contribution in [0.4, 0.5) is 0 Å². The molecule has 0 bridgehead atoms. The van der Waals surface area contributed by atoms with Gasteiger partial charge in [-0.25, -0.2) is 0 Å². The molecular formula is C19H23N3O2. The molecule has 126 valence electrons. The Morgan fingerprint density at radius 2 is 1.96 bits per heavy atom. The normalized spacial score (nSPS) is 17.2. The number of carbonyl (C=O) groups excluding carboxylic acids is 2. The summed E-state index contributed by atoms with van der Waals surface area (Å²) in [4.78, 5) is 26.3. The zero-order valence-corrected chi connectivity index (χ0v) is 13.7. The second kappa shape index (κ2) is 7.45. The summed E-state index contributed by atoms with van der Waals surface area (Å²) in [5.74, 6) is -0.0767. The number of benzene rings is 2. The summed E-state index contributed by atoms with van der Waals surface area (Å²) in [5, 5.41) is 4.97. The number of amides is 2. The lowest BCUT2D eigenvalue weighted by Gasteiger charge is -2.23. The van der Waals surface area contributed by atoms with Crippen molar-refractivity contribution >= 4 is 22.6 Å². The number of fused-ring (bicyclic) bond motifs is 1.